The van der Waals surface area contributed by atoms with Gasteiger partial charge in [0.25, 0.3) is 0 Å². The van der Waals surface area contributed by atoms with E-state index in [1.54, 1.807) is 0 Å². The van der Waals surface area contributed by atoms with Crippen LogP contribution in [0.3, 0.4) is 0 Å². The van der Waals surface area contributed by atoms with Crippen LogP contribution in [0.15, 0.2) is 42.5 Å². The molecule has 2 unspecified atom stereocenters. The Bertz CT molecular complexity index is 475. The third kappa shape index (κ3) is 1.21. The Balaban J connectivity index is 2.11. The molecule has 0 radical (unpaired) electrons. The van der Waals surface area contributed by atoms with E-state index in [0.29, 0.717) is 12.2 Å². The molecule has 0 bridgehead atoms. The maximum Gasteiger partial charge on any atom is 0.109 e. The van der Waals surface area contributed by atoms with Crippen LogP contribution in [0.2, 0.25) is 0 Å². The molecule has 2 atom stereocenters. The second-order valence-corrected chi connectivity index (χ2v) is 3.87. The summed E-state index contributed by atoms with van der Waals surface area (Å²) in [6.45, 7) is 2.11. The zero-order chi connectivity index (χ0) is 9.54. The van der Waals surface area contributed by atoms with Crippen LogP contribution in [0.5, 0.6) is 0 Å². The van der Waals surface area contributed by atoms with Crippen molar-refractivity contribution in [2.24, 2.45) is 0 Å². The van der Waals surface area contributed by atoms with Crippen molar-refractivity contribution in [3.63, 3.8) is 0 Å². The van der Waals surface area contributed by atoms with Gasteiger partial charge in [0.2, 0.25) is 0 Å². The Morgan fingerprint density at radius 1 is 1.00 bits per heavy atom. The summed E-state index contributed by atoms with van der Waals surface area (Å²) in [7, 11) is 0. The summed E-state index contributed by atoms with van der Waals surface area (Å²) >= 11 is 0. The molecule has 1 fully saturated rings. The fourth-order valence-corrected chi connectivity index (χ4v) is 1.92. The third-order valence-electron chi connectivity index (χ3n) is 2.81. The van der Waals surface area contributed by atoms with Crippen molar-refractivity contribution in [1.29, 1.82) is 0 Å². The van der Waals surface area contributed by atoms with Crippen LogP contribution >= 0.6 is 0 Å². The molecular weight excluding hydrogens is 172 g/mol. The largest absolute Gasteiger partial charge is 0.365 e. The number of fused-ring (bicyclic) bond motifs is 1. The fraction of sp³-hybridized carbons (Fsp3) is 0.231. The van der Waals surface area contributed by atoms with E-state index in [4.69, 9.17) is 4.74 Å². The highest BCUT2D eigenvalue weighted by molar-refractivity contribution is 5.83. The maximum atomic E-state index is 5.45. The molecule has 0 N–H and O–H groups in total. The Kier molecular flexibility index (Phi) is 1.62. The summed E-state index contributed by atoms with van der Waals surface area (Å²) in [4.78, 5) is 0. The molecule has 1 nitrogen and oxygen atoms in total. The maximum absolute atomic E-state index is 5.45. The van der Waals surface area contributed by atoms with E-state index in [9.17, 15) is 0 Å². The van der Waals surface area contributed by atoms with Crippen LogP contribution in [0, 0.1) is 0 Å². The molecule has 1 aliphatic heterocycles. The molecule has 3 rings (SSSR count). The van der Waals surface area contributed by atoms with Crippen LogP contribution in [0.25, 0.3) is 10.8 Å². The lowest BCUT2D eigenvalue weighted by molar-refractivity contribution is 0.383. The van der Waals surface area contributed by atoms with Gasteiger partial charge in [-0.15, -0.1) is 0 Å². The standard InChI is InChI=1S/C13H12O/c1-9-13(14-9)12-7-6-10-4-2-3-5-11(10)8-12/h2-9,13H,1H3. The van der Waals surface area contributed by atoms with E-state index in [0.717, 1.165) is 0 Å². The summed E-state index contributed by atoms with van der Waals surface area (Å²) < 4.78 is 5.45. The van der Waals surface area contributed by atoms with Crippen molar-refractivity contribution in [3.8, 4) is 0 Å². The van der Waals surface area contributed by atoms with Gasteiger partial charge in [-0.1, -0.05) is 36.4 Å². The van der Waals surface area contributed by atoms with Crippen LogP contribution in [0.1, 0.15) is 18.6 Å². The molecule has 70 valence electrons. The molecular formula is C13H12O. The first-order chi connectivity index (χ1) is 6.84. The minimum Gasteiger partial charge on any atom is -0.365 e. The van der Waals surface area contributed by atoms with Gasteiger partial charge in [-0.3, -0.25) is 0 Å². The van der Waals surface area contributed by atoms with Crippen LogP contribution in [-0.4, -0.2) is 6.10 Å². The molecule has 1 aliphatic rings. The number of rotatable bonds is 1. The Morgan fingerprint density at radius 3 is 2.43 bits per heavy atom. The van der Waals surface area contributed by atoms with Gasteiger partial charge in [0.05, 0.1) is 6.10 Å². The van der Waals surface area contributed by atoms with Gasteiger partial charge >= 0.3 is 0 Å². The topological polar surface area (TPSA) is 12.5 Å². The van der Waals surface area contributed by atoms with Gasteiger partial charge in [-0.05, 0) is 29.3 Å². The van der Waals surface area contributed by atoms with E-state index in [1.807, 2.05) is 0 Å². The highest BCUT2D eigenvalue weighted by Gasteiger charge is 2.35. The van der Waals surface area contributed by atoms with Crippen LogP contribution in [0.4, 0.5) is 0 Å². The molecule has 1 heterocycles. The van der Waals surface area contributed by atoms with Gasteiger partial charge in [-0.25, -0.2) is 0 Å². The predicted octanol–water partition coefficient (Wildman–Crippen LogP) is 3.30. The molecule has 0 saturated carbocycles. The summed E-state index contributed by atoms with van der Waals surface area (Å²) in [6, 6.07) is 15.0. The lowest BCUT2D eigenvalue weighted by Gasteiger charge is -1.99. The molecule has 2 aromatic carbocycles. The Hall–Kier alpha value is -1.34. The van der Waals surface area contributed by atoms with Crippen molar-refractivity contribution in [3.05, 3.63) is 48.0 Å². The number of hydrogen-bond acceptors (Lipinski definition) is 1. The van der Waals surface area contributed by atoms with E-state index in [1.165, 1.54) is 16.3 Å². The molecule has 0 aliphatic carbocycles. The van der Waals surface area contributed by atoms with Crippen LogP contribution in [-0.2, 0) is 4.74 Å². The van der Waals surface area contributed by atoms with Gasteiger partial charge in [0.1, 0.15) is 6.10 Å². The molecule has 0 spiro atoms. The van der Waals surface area contributed by atoms with Crippen molar-refractivity contribution in [2.45, 2.75) is 19.1 Å². The first-order valence-electron chi connectivity index (χ1n) is 4.99. The molecule has 14 heavy (non-hydrogen) atoms. The second kappa shape index (κ2) is 2.82. The zero-order valence-electron chi connectivity index (χ0n) is 8.10. The number of epoxide rings is 1. The number of ether oxygens (including phenoxy) is 1. The van der Waals surface area contributed by atoms with E-state index >= 15 is 0 Å². The molecule has 1 saturated heterocycles. The Labute approximate surface area is 83.3 Å². The average Bonchev–Trinajstić information content (AvgIpc) is 2.95. The molecule has 2 aromatic rings. The van der Waals surface area contributed by atoms with Gasteiger partial charge < -0.3 is 4.74 Å². The molecule has 0 amide bonds. The van der Waals surface area contributed by atoms with Gasteiger partial charge in [0, 0.05) is 0 Å². The highest BCUT2D eigenvalue weighted by Crippen LogP contribution is 2.38. The Morgan fingerprint density at radius 2 is 1.71 bits per heavy atom. The van der Waals surface area contributed by atoms with Crippen molar-refractivity contribution in [1.82, 2.24) is 0 Å². The van der Waals surface area contributed by atoms with Gasteiger partial charge in [-0.2, -0.15) is 0 Å². The average molecular weight is 184 g/mol. The van der Waals surface area contributed by atoms with E-state index in [-0.39, 0.29) is 0 Å². The van der Waals surface area contributed by atoms with Gasteiger partial charge in [0.15, 0.2) is 0 Å². The monoisotopic (exact) mass is 184 g/mol. The quantitative estimate of drug-likeness (QED) is 0.619. The van der Waals surface area contributed by atoms with Crippen molar-refractivity contribution < 1.29 is 4.74 Å². The summed E-state index contributed by atoms with van der Waals surface area (Å²) in [6.07, 6.45) is 0.732. The number of benzene rings is 2. The predicted molar refractivity (Wildman–Crippen MR) is 57.2 cm³/mol. The van der Waals surface area contributed by atoms with Crippen molar-refractivity contribution in [2.75, 3.05) is 0 Å². The smallest absolute Gasteiger partial charge is 0.109 e. The molecule has 0 aromatic heterocycles. The minimum absolute atomic E-state index is 0.333. The third-order valence-corrected chi connectivity index (χ3v) is 2.81. The first kappa shape index (κ1) is 8.01. The highest BCUT2D eigenvalue weighted by atomic mass is 16.6. The minimum atomic E-state index is 0.333. The zero-order valence-corrected chi connectivity index (χ0v) is 8.10. The summed E-state index contributed by atoms with van der Waals surface area (Å²) in [5, 5.41) is 2.59. The molecule has 1 heteroatoms. The van der Waals surface area contributed by atoms with E-state index in [2.05, 4.69) is 49.4 Å². The van der Waals surface area contributed by atoms with Crippen LogP contribution < -0.4 is 0 Å². The van der Waals surface area contributed by atoms with Crippen molar-refractivity contribution >= 4 is 10.8 Å². The summed E-state index contributed by atoms with van der Waals surface area (Å²) in [5.74, 6) is 0. The lowest BCUT2D eigenvalue weighted by Crippen LogP contribution is -1.83. The number of hydrogen-bond donors (Lipinski definition) is 0. The second-order valence-electron chi connectivity index (χ2n) is 3.87. The normalized spacial score (nSPS) is 25.2. The fourth-order valence-electron chi connectivity index (χ4n) is 1.92. The lowest BCUT2D eigenvalue weighted by atomic mass is 10.0. The first-order valence-corrected chi connectivity index (χ1v) is 4.99. The summed E-state index contributed by atoms with van der Waals surface area (Å²) in [5.41, 5.74) is 1.30. The SMILES string of the molecule is CC1OC1c1ccc2ccccc2c1. The van der Waals surface area contributed by atoms with E-state index < -0.39 is 0 Å².